The van der Waals surface area contributed by atoms with Crippen LogP contribution in [0, 0.1) is 0 Å². The largest absolute Gasteiger partial charge is 0.163 e. The van der Waals surface area contributed by atoms with Crippen molar-refractivity contribution in [2.24, 2.45) is 0 Å². The third kappa shape index (κ3) is 3.61. The number of hydrogen-bond donors (Lipinski definition) is 0. The molecule has 0 aromatic heterocycles. The predicted octanol–water partition coefficient (Wildman–Crippen LogP) is 0.153. The fraction of sp³-hybridized carbons (Fsp3) is 0. The molecule has 0 N–H and O–H groups in total. The van der Waals surface area contributed by atoms with Gasteiger partial charge in [0.25, 0.3) is 0 Å². The van der Waals surface area contributed by atoms with E-state index in [0.29, 0.717) is 0 Å². The first-order chi connectivity index (χ1) is 2.41. The normalized spacial score (nSPS) is 4.80. The molecule has 0 aliphatic carbocycles. The molecule has 0 nitrogen and oxygen atoms in total. The third-order valence-corrected chi connectivity index (χ3v) is 0.707. The lowest BCUT2D eigenvalue weighted by molar-refractivity contribution is 2.61. The molecule has 1 heteroatoms. The first-order valence-corrected chi connectivity index (χ1v) is 2.63. The lowest BCUT2D eigenvalue weighted by Crippen LogP contribution is -1.57. The second kappa shape index (κ2) is 3.61. The summed E-state index contributed by atoms with van der Waals surface area (Å²) in [7, 11) is 0.218. The summed E-state index contributed by atoms with van der Waals surface area (Å²) in [6, 6.07) is 0. The molecule has 0 heterocycles. The smallest absolute Gasteiger partial charge is 0.0751 e. The molecule has 0 aliphatic rings. The molecule has 0 unspecified atom stereocenters. The highest BCUT2D eigenvalue weighted by Gasteiger charge is 1.38. The van der Waals surface area contributed by atoms with Crippen molar-refractivity contribution in [3.8, 4) is 0 Å². The van der Waals surface area contributed by atoms with E-state index in [4.69, 9.17) is 0 Å². The van der Waals surface area contributed by atoms with Crippen LogP contribution in [0.1, 0.15) is 0 Å². The van der Waals surface area contributed by atoms with Crippen molar-refractivity contribution in [1.82, 2.24) is 0 Å². The molecule has 0 atom stereocenters. The molecule has 0 fully saturated rings. The highest BCUT2D eigenvalue weighted by Crippen LogP contribution is 1.34. The van der Waals surface area contributed by atoms with Gasteiger partial charge in [-0.15, -0.1) is 6.58 Å². The third-order valence-electron chi connectivity index (χ3n) is 0.236. The van der Waals surface area contributed by atoms with Crippen molar-refractivity contribution in [3.63, 3.8) is 0 Å². The fourth-order valence-electron chi connectivity index (χ4n) is 0.0833. The van der Waals surface area contributed by atoms with Gasteiger partial charge in [0.05, 0.1) is 9.13 Å². The Hall–Kier alpha value is -0.393. The van der Waals surface area contributed by atoms with Gasteiger partial charge in [-0.25, -0.2) is 0 Å². The molecule has 0 amide bonds. The summed E-state index contributed by atoms with van der Waals surface area (Å²) in [5, 5.41) is 2.73. The van der Waals surface area contributed by atoms with Crippen molar-refractivity contribution >= 4 is 14.5 Å². The van der Waals surface area contributed by atoms with Crippen LogP contribution in [0.2, 0.25) is 0 Å². The maximum Gasteiger partial charge on any atom is 0.0751 e. The molecule has 0 spiro atoms. The van der Waals surface area contributed by atoms with E-state index in [9.17, 15) is 0 Å². The fourth-order valence-corrected chi connectivity index (χ4v) is 0.250. The van der Waals surface area contributed by atoms with E-state index in [1.54, 1.807) is 0 Å². The van der Waals surface area contributed by atoms with Crippen LogP contribution in [-0.4, -0.2) is 14.5 Å². The maximum atomic E-state index is 3.48. The van der Waals surface area contributed by atoms with Gasteiger partial charge in [0, 0.05) is 0 Å². The van der Waals surface area contributed by atoms with Gasteiger partial charge < -0.3 is 0 Å². The van der Waals surface area contributed by atoms with Crippen LogP contribution >= 0.6 is 0 Å². The summed E-state index contributed by atoms with van der Waals surface area (Å²) in [6.45, 7) is 6.88. The monoisotopic (exact) mass is 82.0 g/mol. The highest BCUT2D eigenvalue weighted by molar-refractivity contribution is 6.49. The van der Waals surface area contributed by atoms with E-state index >= 15 is 0 Å². The van der Waals surface area contributed by atoms with Crippen LogP contribution < -0.4 is 0 Å². The summed E-state index contributed by atoms with van der Waals surface area (Å²) in [5.74, 6) is 0. The van der Waals surface area contributed by atoms with Crippen molar-refractivity contribution in [2.75, 3.05) is 0 Å². The van der Waals surface area contributed by atoms with E-state index in [1.165, 1.54) is 0 Å². The SMILES string of the molecule is C=C=[SiH]C=C. The minimum absolute atomic E-state index is 0.218. The summed E-state index contributed by atoms with van der Waals surface area (Å²) in [6.07, 6.45) is 0. The quantitative estimate of drug-likeness (QED) is 0.395. The van der Waals surface area contributed by atoms with Gasteiger partial charge >= 0.3 is 0 Å². The van der Waals surface area contributed by atoms with Crippen molar-refractivity contribution in [3.05, 3.63) is 18.9 Å². The maximum absolute atomic E-state index is 3.48. The first-order valence-electron chi connectivity index (χ1n) is 1.38. The van der Waals surface area contributed by atoms with E-state index in [0.717, 1.165) is 0 Å². The second-order valence-corrected chi connectivity index (χ2v) is 1.82. The summed E-state index contributed by atoms with van der Waals surface area (Å²) in [5.41, 5.74) is 1.84. The van der Waals surface area contributed by atoms with Gasteiger partial charge in [0.1, 0.15) is 0 Å². The topological polar surface area (TPSA) is 0 Å². The predicted molar refractivity (Wildman–Crippen MR) is 28.0 cm³/mol. The van der Waals surface area contributed by atoms with E-state index in [-0.39, 0.29) is 9.13 Å². The van der Waals surface area contributed by atoms with Crippen molar-refractivity contribution < 1.29 is 0 Å². The molecule has 0 saturated carbocycles. The Morgan fingerprint density at radius 1 is 1.80 bits per heavy atom. The zero-order chi connectivity index (χ0) is 4.12. The standard InChI is InChI=1S/C4H6Si/c1-3-5-4-2/h3,5H,1-2H2. The molecule has 26 valence electrons. The lowest BCUT2D eigenvalue weighted by atomic mass is 11.3. The van der Waals surface area contributed by atoms with E-state index in [2.05, 4.69) is 18.5 Å². The van der Waals surface area contributed by atoms with E-state index < -0.39 is 0 Å². The lowest BCUT2D eigenvalue weighted by Gasteiger charge is -1.45. The highest BCUT2D eigenvalue weighted by atomic mass is 28.2. The second-order valence-electron chi connectivity index (χ2n) is 0.606. The summed E-state index contributed by atoms with van der Waals surface area (Å²) >= 11 is 0. The molecule has 0 bridgehead atoms. The van der Waals surface area contributed by atoms with Gasteiger partial charge in [-0.05, 0) is 0 Å². The minimum atomic E-state index is 0.218. The Morgan fingerprint density at radius 2 is 2.40 bits per heavy atom. The number of rotatable bonds is 1. The molecular formula is C4H6Si. The average molecular weight is 82.2 g/mol. The Bertz CT molecular complexity index is 67.7. The Kier molecular flexibility index (Phi) is 3.32. The Labute approximate surface area is 34.3 Å². The average Bonchev–Trinajstić information content (AvgIpc) is 1.41. The summed E-state index contributed by atoms with van der Waals surface area (Å²) < 4.78 is 0. The zero-order valence-electron chi connectivity index (χ0n) is 3.07. The van der Waals surface area contributed by atoms with Gasteiger partial charge in [-0.3, -0.25) is 0 Å². The van der Waals surface area contributed by atoms with Crippen molar-refractivity contribution in [2.45, 2.75) is 0 Å². The van der Waals surface area contributed by atoms with Crippen LogP contribution in [0.25, 0.3) is 0 Å². The Morgan fingerprint density at radius 3 is 2.40 bits per heavy atom. The minimum Gasteiger partial charge on any atom is -0.163 e. The number of hydrogen-bond acceptors (Lipinski definition) is 0. The van der Waals surface area contributed by atoms with Gasteiger partial charge in [-0.2, -0.15) is 5.33 Å². The molecule has 0 saturated heterocycles. The molecule has 0 rings (SSSR count). The van der Waals surface area contributed by atoms with Gasteiger partial charge in [0.15, 0.2) is 0 Å². The molecule has 0 aromatic carbocycles. The van der Waals surface area contributed by atoms with Gasteiger partial charge in [0.2, 0.25) is 0 Å². The molecule has 0 aromatic rings. The molecule has 0 aliphatic heterocycles. The van der Waals surface area contributed by atoms with Crippen LogP contribution in [-0.2, 0) is 0 Å². The van der Waals surface area contributed by atoms with Crippen LogP contribution in [0.4, 0.5) is 0 Å². The zero-order valence-corrected chi connectivity index (χ0v) is 4.22. The Balaban J connectivity index is 3.31. The van der Waals surface area contributed by atoms with Crippen LogP contribution in [0.15, 0.2) is 18.9 Å². The molecule has 0 radical (unpaired) electrons. The van der Waals surface area contributed by atoms with Crippen molar-refractivity contribution in [1.29, 1.82) is 0 Å². The van der Waals surface area contributed by atoms with Crippen LogP contribution in [0.5, 0.6) is 0 Å². The van der Waals surface area contributed by atoms with Crippen LogP contribution in [0.3, 0.4) is 0 Å². The summed E-state index contributed by atoms with van der Waals surface area (Å²) in [4.78, 5) is 0. The van der Waals surface area contributed by atoms with E-state index in [1.807, 2.05) is 5.70 Å². The molecular weight excluding hydrogens is 76.1 g/mol. The van der Waals surface area contributed by atoms with Gasteiger partial charge in [-0.1, -0.05) is 12.3 Å². The molecule has 5 heavy (non-hydrogen) atoms. The first kappa shape index (κ1) is 4.61.